The third-order valence-corrected chi connectivity index (χ3v) is 3.45. The molecule has 0 saturated heterocycles. The van der Waals surface area contributed by atoms with Gasteiger partial charge in [0.15, 0.2) is 0 Å². The van der Waals surface area contributed by atoms with Crippen LogP contribution in [0.15, 0.2) is 53.0 Å². The predicted molar refractivity (Wildman–Crippen MR) is 87.5 cm³/mol. The van der Waals surface area contributed by atoms with Gasteiger partial charge >= 0.3 is 0 Å². The molecule has 21 heavy (non-hydrogen) atoms. The Morgan fingerprint density at radius 1 is 1.19 bits per heavy atom. The van der Waals surface area contributed by atoms with E-state index in [-0.39, 0.29) is 12.5 Å². The first-order valence-electron chi connectivity index (χ1n) is 6.56. The van der Waals surface area contributed by atoms with Crippen LogP contribution in [0.25, 0.3) is 0 Å². The van der Waals surface area contributed by atoms with Gasteiger partial charge in [0.25, 0.3) is 0 Å². The van der Waals surface area contributed by atoms with E-state index >= 15 is 0 Å². The molecule has 0 aliphatic rings. The lowest BCUT2D eigenvalue weighted by Gasteiger charge is -2.09. The van der Waals surface area contributed by atoms with Crippen molar-refractivity contribution in [1.82, 2.24) is 5.32 Å². The zero-order valence-electron chi connectivity index (χ0n) is 11.7. The molecule has 0 spiro atoms. The van der Waals surface area contributed by atoms with Crippen molar-refractivity contribution in [2.45, 2.75) is 6.54 Å². The summed E-state index contributed by atoms with van der Waals surface area (Å²) in [4.78, 5) is 11.8. The van der Waals surface area contributed by atoms with Gasteiger partial charge in [0.1, 0.15) is 5.75 Å². The summed E-state index contributed by atoms with van der Waals surface area (Å²) in [5.74, 6) is 0.732. The second kappa shape index (κ2) is 7.69. The zero-order chi connectivity index (χ0) is 15.1. The van der Waals surface area contributed by atoms with Crippen molar-refractivity contribution in [2.24, 2.45) is 0 Å². The lowest BCUT2D eigenvalue weighted by atomic mass is 10.2. The quantitative estimate of drug-likeness (QED) is 0.842. The molecule has 2 N–H and O–H groups in total. The van der Waals surface area contributed by atoms with Crippen molar-refractivity contribution in [2.75, 3.05) is 19.0 Å². The maximum atomic E-state index is 11.8. The summed E-state index contributed by atoms with van der Waals surface area (Å²) in [5, 5.41) is 5.94. The Morgan fingerprint density at radius 2 is 1.95 bits per heavy atom. The Bertz CT molecular complexity index is 599. The number of carbonyl (C=O) groups excluding carboxylic acids is 1. The van der Waals surface area contributed by atoms with Crippen molar-refractivity contribution in [1.29, 1.82) is 0 Å². The van der Waals surface area contributed by atoms with Gasteiger partial charge in [0, 0.05) is 16.7 Å². The van der Waals surface area contributed by atoms with E-state index in [0.29, 0.717) is 6.54 Å². The summed E-state index contributed by atoms with van der Waals surface area (Å²) in [6, 6.07) is 15.3. The van der Waals surface area contributed by atoms with Crippen LogP contribution >= 0.6 is 15.9 Å². The fraction of sp³-hybridized carbons (Fsp3) is 0.188. The van der Waals surface area contributed by atoms with Gasteiger partial charge in [0.2, 0.25) is 5.91 Å². The van der Waals surface area contributed by atoms with Crippen LogP contribution in [0.1, 0.15) is 5.56 Å². The lowest BCUT2D eigenvalue weighted by Crippen LogP contribution is -2.29. The van der Waals surface area contributed by atoms with E-state index in [1.807, 2.05) is 48.5 Å². The molecule has 2 rings (SSSR count). The number of ether oxygens (including phenoxy) is 1. The largest absolute Gasteiger partial charge is 0.497 e. The first-order chi connectivity index (χ1) is 10.2. The molecule has 0 atom stereocenters. The number of nitrogens with one attached hydrogen (secondary N) is 2. The van der Waals surface area contributed by atoms with Crippen LogP contribution in [0.5, 0.6) is 5.75 Å². The van der Waals surface area contributed by atoms with E-state index in [4.69, 9.17) is 4.74 Å². The minimum absolute atomic E-state index is 0.0549. The number of hydrogen-bond donors (Lipinski definition) is 2. The molecule has 0 aromatic heterocycles. The number of amides is 1. The number of anilines is 1. The van der Waals surface area contributed by atoms with E-state index in [9.17, 15) is 4.79 Å². The summed E-state index contributed by atoms with van der Waals surface area (Å²) in [6.07, 6.45) is 0. The summed E-state index contributed by atoms with van der Waals surface area (Å²) in [6.45, 7) is 0.726. The maximum Gasteiger partial charge on any atom is 0.239 e. The molecule has 0 bridgehead atoms. The van der Waals surface area contributed by atoms with Gasteiger partial charge in [-0.15, -0.1) is 0 Å². The number of methoxy groups -OCH3 is 1. The smallest absolute Gasteiger partial charge is 0.239 e. The molecule has 0 aliphatic carbocycles. The highest BCUT2D eigenvalue weighted by Crippen LogP contribution is 2.14. The number of hydrogen-bond acceptors (Lipinski definition) is 3. The predicted octanol–water partition coefficient (Wildman–Crippen LogP) is 3.19. The number of benzene rings is 2. The molecular formula is C16H17BrN2O2. The van der Waals surface area contributed by atoms with E-state index in [1.54, 1.807) is 7.11 Å². The van der Waals surface area contributed by atoms with Gasteiger partial charge in [-0.05, 0) is 42.0 Å². The normalized spacial score (nSPS) is 10.0. The molecule has 5 heteroatoms. The summed E-state index contributed by atoms with van der Waals surface area (Å²) >= 11 is 3.37. The van der Waals surface area contributed by atoms with Gasteiger partial charge in [-0.2, -0.15) is 0 Å². The van der Waals surface area contributed by atoms with Crippen LogP contribution in [0.2, 0.25) is 0 Å². The maximum absolute atomic E-state index is 11.8. The van der Waals surface area contributed by atoms with Gasteiger partial charge in [-0.3, -0.25) is 4.79 Å². The molecule has 4 nitrogen and oxygen atoms in total. The highest BCUT2D eigenvalue weighted by Gasteiger charge is 2.02. The third kappa shape index (κ3) is 5.11. The number of carbonyl (C=O) groups is 1. The van der Waals surface area contributed by atoms with Crippen LogP contribution in [0.3, 0.4) is 0 Å². The Hall–Kier alpha value is -2.01. The molecule has 0 unspecified atom stereocenters. The van der Waals surface area contributed by atoms with Crippen LogP contribution in [0, 0.1) is 0 Å². The van der Waals surface area contributed by atoms with Crippen LogP contribution in [-0.4, -0.2) is 19.6 Å². The monoisotopic (exact) mass is 348 g/mol. The third-order valence-electron chi connectivity index (χ3n) is 2.92. The highest BCUT2D eigenvalue weighted by molar-refractivity contribution is 9.10. The topological polar surface area (TPSA) is 50.4 Å². The minimum atomic E-state index is -0.0549. The highest BCUT2D eigenvalue weighted by atomic mass is 79.9. The molecule has 0 fully saturated rings. The first kappa shape index (κ1) is 15.4. The van der Waals surface area contributed by atoms with Crippen LogP contribution in [-0.2, 0) is 11.3 Å². The molecule has 1 amide bonds. The van der Waals surface area contributed by atoms with Crippen LogP contribution < -0.4 is 15.4 Å². The second-order valence-corrected chi connectivity index (χ2v) is 5.40. The van der Waals surface area contributed by atoms with Crippen molar-refractivity contribution >= 4 is 27.5 Å². The molecule has 0 saturated carbocycles. The molecule has 0 heterocycles. The average molecular weight is 349 g/mol. The first-order valence-corrected chi connectivity index (χ1v) is 7.36. The van der Waals surface area contributed by atoms with E-state index < -0.39 is 0 Å². The standard InChI is InChI=1S/C16H17BrN2O2/c1-21-15-4-2-3-12(9-15)10-19-16(20)11-18-14-7-5-13(17)6-8-14/h2-9,18H,10-11H2,1H3,(H,19,20). The van der Waals surface area contributed by atoms with Gasteiger partial charge in [-0.1, -0.05) is 28.1 Å². The zero-order valence-corrected chi connectivity index (χ0v) is 13.3. The average Bonchev–Trinajstić information content (AvgIpc) is 2.52. The fourth-order valence-electron chi connectivity index (χ4n) is 1.80. The van der Waals surface area contributed by atoms with Crippen molar-refractivity contribution in [3.05, 3.63) is 58.6 Å². The molecule has 2 aromatic rings. The summed E-state index contributed by atoms with van der Waals surface area (Å²) in [5.41, 5.74) is 1.92. The molecule has 110 valence electrons. The minimum Gasteiger partial charge on any atom is -0.497 e. The fourth-order valence-corrected chi connectivity index (χ4v) is 2.06. The van der Waals surface area contributed by atoms with E-state index in [2.05, 4.69) is 26.6 Å². The van der Waals surface area contributed by atoms with Gasteiger partial charge in [0.05, 0.1) is 13.7 Å². The molecule has 2 aromatic carbocycles. The van der Waals surface area contributed by atoms with Crippen molar-refractivity contribution in [3.63, 3.8) is 0 Å². The second-order valence-electron chi connectivity index (χ2n) is 4.49. The Balaban J connectivity index is 1.78. The van der Waals surface area contributed by atoms with Gasteiger partial charge < -0.3 is 15.4 Å². The Morgan fingerprint density at radius 3 is 2.67 bits per heavy atom. The molecular weight excluding hydrogens is 332 g/mol. The van der Waals surface area contributed by atoms with Crippen LogP contribution in [0.4, 0.5) is 5.69 Å². The summed E-state index contributed by atoms with van der Waals surface area (Å²) in [7, 11) is 1.62. The van der Waals surface area contributed by atoms with Crippen molar-refractivity contribution < 1.29 is 9.53 Å². The van der Waals surface area contributed by atoms with E-state index in [1.165, 1.54) is 0 Å². The Labute approximate surface area is 132 Å². The van der Waals surface area contributed by atoms with E-state index in [0.717, 1.165) is 21.5 Å². The van der Waals surface area contributed by atoms with Crippen molar-refractivity contribution in [3.8, 4) is 5.75 Å². The number of rotatable bonds is 6. The number of halogens is 1. The summed E-state index contributed by atoms with van der Waals surface area (Å²) < 4.78 is 6.16. The SMILES string of the molecule is COc1cccc(CNC(=O)CNc2ccc(Br)cc2)c1. The van der Waals surface area contributed by atoms with Gasteiger partial charge in [-0.25, -0.2) is 0 Å². The Kier molecular flexibility index (Phi) is 5.63. The lowest BCUT2D eigenvalue weighted by molar-refractivity contribution is -0.119. The molecule has 0 radical (unpaired) electrons. The molecule has 0 aliphatic heterocycles.